The number of cyclic esters (lactones) is 1. The van der Waals surface area contributed by atoms with Crippen molar-refractivity contribution in [2.45, 2.75) is 0 Å². The zero-order valence-electron chi connectivity index (χ0n) is 10.5. The van der Waals surface area contributed by atoms with Gasteiger partial charge in [-0.25, -0.2) is 4.79 Å². The molecule has 0 unspecified atom stereocenters. The van der Waals surface area contributed by atoms with Gasteiger partial charge in [0, 0.05) is 22.6 Å². The van der Waals surface area contributed by atoms with E-state index in [9.17, 15) is 14.9 Å². The van der Waals surface area contributed by atoms with Crippen LogP contribution in [0.3, 0.4) is 0 Å². The summed E-state index contributed by atoms with van der Waals surface area (Å²) in [5.74, 6) is -0.400. The molecular weight excluding hydrogens is 358 g/mol. The SMILES string of the molecule is O=C1OCC(c2ccc(Br)s2)=C1c1ccc([N+](=O)[O-])cc1. The number of carbonyl (C=O) groups is 1. The fraction of sp³-hybridized carbons (Fsp3) is 0.0714. The van der Waals surface area contributed by atoms with Crippen LogP contribution in [0.2, 0.25) is 0 Å². The summed E-state index contributed by atoms with van der Waals surface area (Å²) in [6.07, 6.45) is 0. The van der Waals surface area contributed by atoms with Gasteiger partial charge in [0.1, 0.15) is 6.61 Å². The topological polar surface area (TPSA) is 69.4 Å². The van der Waals surface area contributed by atoms with Crippen molar-refractivity contribution in [3.8, 4) is 0 Å². The fourth-order valence-electron chi connectivity index (χ4n) is 2.12. The molecule has 0 bridgehead atoms. The highest BCUT2D eigenvalue weighted by Gasteiger charge is 2.28. The Morgan fingerprint density at radius 3 is 2.48 bits per heavy atom. The molecule has 0 fully saturated rings. The lowest BCUT2D eigenvalue weighted by Gasteiger charge is -2.02. The molecule has 0 N–H and O–H groups in total. The molecule has 1 aromatic heterocycles. The lowest BCUT2D eigenvalue weighted by molar-refractivity contribution is -0.384. The van der Waals surface area contributed by atoms with Gasteiger partial charge in [-0.15, -0.1) is 11.3 Å². The number of nitro benzene ring substituents is 1. The summed E-state index contributed by atoms with van der Waals surface area (Å²) in [4.78, 5) is 23.1. The normalized spacial score (nSPS) is 14.4. The second-order valence-corrected chi connectivity index (χ2v) is 6.80. The van der Waals surface area contributed by atoms with Crippen LogP contribution >= 0.6 is 27.3 Å². The van der Waals surface area contributed by atoms with E-state index in [0.717, 1.165) is 14.2 Å². The van der Waals surface area contributed by atoms with Crippen molar-refractivity contribution in [1.29, 1.82) is 0 Å². The molecule has 2 heterocycles. The predicted octanol–water partition coefficient (Wildman–Crippen LogP) is 3.89. The van der Waals surface area contributed by atoms with E-state index in [-0.39, 0.29) is 12.3 Å². The first-order valence-electron chi connectivity index (χ1n) is 5.97. The zero-order chi connectivity index (χ0) is 15.0. The summed E-state index contributed by atoms with van der Waals surface area (Å²) < 4.78 is 6.08. The third kappa shape index (κ3) is 2.62. The molecular formula is C14H8BrNO4S. The average molecular weight is 366 g/mol. The molecule has 0 saturated carbocycles. The number of benzene rings is 1. The van der Waals surface area contributed by atoms with Crippen LogP contribution in [0.15, 0.2) is 40.2 Å². The molecule has 7 heteroatoms. The first-order chi connectivity index (χ1) is 10.1. The minimum absolute atomic E-state index is 0.00821. The van der Waals surface area contributed by atoms with Crippen LogP contribution in [0.5, 0.6) is 0 Å². The second kappa shape index (κ2) is 5.42. The van der Waals surface area contributed by atoms with Crippen molar-refractivity contribution in [2.75, 3.05) is 6.61 Å². The van der Waals surface area contributed by atoms with Crippen LogP contribution in [0.4, 0.5) is 5.69 Å². The molecule has 0 atom stereocenters. The summed E-state index contributed by atoms with van der Waals surface area (Å²) in [5.41, 5.74) is 1.90. The maximum Gasteiger partial charge on any atom is 0.339 e. The number of ether oxygens (including phenoxy) is 1. The molecule has 3 rings (SSSR count). The Bertz CT molecular complexity index is 764. The summed E-state index contributed by atoms with van der Waals surface area (Å²) in [7, 11) is 0. The van der Waals surface area contributed by atoms with Gasteiger partial charge in [-0.3, -0.25) is 10.1 Å². The highest BCUT2D eigenvalue weighted by molar-refractivity contribution is 9.11. The van der Waals surface area contributed by atoms with E-state index in [0.29, 0.717) is 11.1 Å². The Hall–Kier alpha value is -1.99. The van der Waals surface area contributed by atoms with Gasteiger partial charge in [0.15, 0.2) is 0 Å². The Morgan fingerprint density at radius 2 is 1.90 bits per heavy atom. The number of rotatable bonds is 3. The number of non-ortho nitro benzene ring substituents is 1. The Morgan fingerprint density at radius 1 is 1.19 bits per heavy atom. The van der Waals surface area contributed by atoms with Crippen molar-refractivity contribution < 1.29 is 14.5 Å². The maximum atomic E-state index is 12.0. The third-order valence-corrected chi connectivity index (χ3v) is 4.77. The number of hydrogen-bond donors (Lipinski definition) is 0. The smallest absolute Gasteiger partial charge is 0.339 e. The highest BCUT2D eigenvalue weighted by Crippen LogP contribution is 2.37. The molecule has 1 aliphatic heterocycles. The molecule has 0 radical (unpaired) electrons. The zero-order valence-corrected chi connectivity index (χ0v) is 12.9. The Labute approximate surface area is 132 Å². The lowest BCUT2D eigenvalue weighted by atomic mass is 10.0. The standard InChI is InChI=1S/C14H8BrNO4S/c15-12-6-5-11(21-12)10-7-20-14(17)13(10)8-1-3-9(4-2-8)16(18)19/h1-6H,7H2. The molecule has 5 nitrogen and oxygen atoms in total. The monoisotopic (exact) mass is 365 g/mol. The minimum atomic E-state index is -0.470. The summed E-state index contributed by atoms with van der Waals surface area (Å²) in [5, 5.41) is 10.7. The number of hydrogen-bond acceptors (Lipinski definition) is 5. The van der Waals surface area contributed by atoms with Crippen molar-refractivity contribution >= 4 is 50.1 Å². The van der Waals surface area contributed by atoms with Gasteiger partial charge in [-0.05, 0) is 45.8 Å². The van der Waals surface area contributed by atoms with Crippen molar-refractivity contribution in [2.24, 2.45) is 0 Å². The van der Waals surface area contributed by atoms with E-state index in [4.69, 9.17) is 4.74 Å². The van der Waals surface area contributed by atoms with Gasteiger partial charge in [0.2, 0.25) is 0 Å². The number of nitro groups is 1. The minimum Gasteiger partial charge on any atom is -0.457 e. The number of nitrogens with zero attached hydrogens (tertiary/aromatic N) is 1. The number of halogens is 1. The van der Waals surface area contributed by atoms with Crippen LogP contribution in [0.1, 0.15) is 10.4 Å². The second-order valence-electron chi connectivity index (χ2n) is 4.34. The molecule has 1 aliphatic rings. The van der Waals surface area contributed by atoms with E-state index < -0.39 is 10.9 Å². The number of esters is 1. The molecule has 0 saturated heterocycles. The van der Waals surface area contributed by atoms with Gasteiger partial charge in [0.25, 0.3) is 5.69 Å². The van der Waals surface area contributed by atoms with Crippen LogP contribution < -0.4 is 0 Å². The molecule has 0 aliphatic carbocycles. The van der Waals surface area contributed by atoms with Gasteiger partial charge < -0.3 is 4.74 Å². The van der Waals surface area contributed by atoms with E-state index in [1.807, 2.05) is 12.1 Å². The first-order valence-corrected chi connectivity index (χ1v) is 7.58. The maximum absolute atomic E-state index is 12.0. The first kappa shape index (κ1) is 14.0. The summed E-state index contributed by atoms with van der Waals surface area (Å²) >= 11 is 4.90. The van der Waals surface area contributed by atoms with Crippen molar-refractivity contribution in [1.82, 2.24) is 0 Å². The van der Waals surface area contributed by atoms with Gasteiger partial charge >= 0.3 is 5.97 Å². The fourth-order valence-corrected chi connectivity index (χ4v) is 3.54. The average Bonchev–Trinajstić information content (AvgIpc) is 3.05. The highest BCUT2D eigenvalue weighted by atomic mass is 79.9. The van der Waals surface area contributed by atoms with Gasteiger partial charge in [-0.2, -0.15) is 0 Å². The van der Waals surface area contributed by atoms with Gasteiger partial charge in [-0.1, -0.05) is 0 Å². The quantitative estimate of drug-likeness (QED) is 0.470. The molecule has 0 amide bonds. The van der Waals surface area contributed by atoms with Crippen LogP contribution in [0.25, 0.3) is 11.1 Å². The van der Waals surface area contributed by atoms with E-state index >= 15 is 0 Å². The predicted molar refractivity (Wildman–Crippen MR) is 82.9 cm³/mol. The number of carbonyl (C=O) groups excluding carboxylic acids is 1. The van der Waals surface area contributed by atoms with Crippen molar-refractivity contribution in [3.05, 3.63) is 60.7 Å². The van der Waals surface area contributed by atoms with Gasteiger partial charge in [0.05, 0.1) is 14.3 Å². The van der Waals surface area contributed by atoms with Crippen LogP contribution in [-0.4, -0.2) is 17.5 Å². The summed E-state index contributed by atoms with van der Waals surface area (Å²) in [6, 6.07) is 9.73. The lowest BCUT2D eigenvalue weighted by Crippen LogP contribution is -1.98. The molecule has 1 aromatic carbocycles. The molecule has 0 spiro atoms. The Kier molecular flexibility index (Phi) is 3.60. The number of thiophene rings is 1. The van der Waals surface area contributed by atoms with E-state index in [2.05, 4.69) is 15.9 Å². The third-order valence-electron chi connectivity index (χ3n) is 3.09. The van der Waals surface area contributed by atoms with E-state index in [1.165, 1.54) is 23.5 Å². The Balaban J connectivity index is 2.08. The van der Waals surface area contributed by atoms with Crippen LogP contribution in [0, 0.1) is 10.1 Å². The van der Waals surface area contributed by atoms with Crippen molar-refractivity contribution in [3.63, 3.8) is 0 Å². The van der Waals surface area contributed by atoms with Crippen LogP contribution in [-0.2, 0) is 9.53 Å². The summed E-state index contributed by atoms with van der Waals surface area (Å²) in [6.45, 7) is 0.220. The largest absolute Gasteiger partial charge is 0.457 e. The van der Waals surface area contributed by atoms with E-state index in [1.54, 1.807) is 12.1 Å². The molecule has 2 aromatic rings. The molecule has 106 valence electrons. The molecule has 21 heavy (non-hydrogen) atoms.